The molecule has 0 N–H and O–H groups in total. The minimum absolute atomic E-state index is 0.923. The molecule has 6 heteroatoms. The van der Waals surface area contributed by atoms with Crippen molar-refractivity contribution in [1.29, 1.82) is 0 Å². The van der Waals surface area contributed by atoms with E-state index in [1.54, 1.807) is 0 Å². The van der Waals surface area contributed by atoms with Gasteiger partial charge in [0.1, 0.15) is 22.3 Å². The SMILES string of the molecule is c1ccc(-c2ccc(N(c3ccccc3)c3ccc4c(ccc5ccc6ccc7c8ccccc8oc7c6c54)c3)cc2)cc1.c1ccc(-c2ccc(N(c3ccccc3)c3ccc4c(ccc5ccc6ccc7c8ccccc8sc7c6c54)c3)cc2)cc1.c1ccc(-c2ccc(N(c3ccccc3)c3ccc4c(ccc5ccc6ccc7oc8ccccc8c7c6c54)c3)cc2)cc1. The van der Waals surface area contributed by atoms with E-state index < -0.39 is 0 Å². The van der Waals surface area contributed by atoms with Gasteiger partial charge < -0.3 is 23.5 Å². The summed E-state index contributed by atoms with van der Waals surface area (Å²) in [5.41, 5.74) is 21.1. The summed E-state index contributed by atoms with van der Waals surface area (Å²) in [6, 6.07) is 176. The lowest BCUT2D eigenvalue weighted by Gasteiger charge is -2.26. The predicted octanol–water partition coefficient (Wildman–Crippen LogP) is 37.0. The van der Waals surface area contributed by atoms with Gasteiger partial charge in [0.15, 0.2) is 0 Å². The number of para-hydroxylation sites is 5. The van der Waals surface area contributed by atoms with E-state index in [-0.39, 0.29) is 0 Å². The molecular formula is C126H81N3O2S. The maximum absolute atomic E-state index is 6.53. The van der Waals surface area contributed by atoms with Gasteiger partial charge in [0.2, 0.25) is 0 Å². The van der Waals surface area contributed by atoms with Gasteiger partial charge in [-0.2, -0.15) is 0 Å². The molecule has 3 aromatic heterocycles. The molecule has 0 fully saturated rings. The fourth-order valence-corrected chi connectivity index (χ4v) is 21.5. The number of thiophene rings is 1. The zero-order valence-electron chi connectivity index (χ0n) is 71.8. The van der Waals surface area contributed by atoms with Crippen LogP contribution in [-0.4, -0.2) is 0 Å². The molecule has 0 bridgehead atoms. The van der Waals surface area contributed by atoms with Crippen LogP contribution < -0.4 is 14.7 Å². The Labute approximate surface area is 766 Å². The average molecular weight is 1700 g/mol. The van der Waals surface area contributed by atoms with Crippen molar-refractivity contribution < 1.29 is 8.83 Å². The molecule has 0 aliphatic rings. The van der Waals surface area contributed by atoms with Gasteiger partial charge in [0.05, 0.1) is 0 Å². The predicted molar refractivity (Wildman–Crippen MR) is 565 cm³/mol. The molecule has 27 aromatic rings. The summed E-state index contributed by atoms with van der Waals surface area (Å²) < 4.78 is 15.5. The molecule has 132 heavy (non-hydrogen) atoms. The number of anilines is 9. The van der Waals surface area contributed by atoms with E-state index in [4.69, 9.17) is 8.83 Å². The second-order valence-electron chi connectivity index (χ2n) is 34.1. The number of nitrogens with zero attached hydrogens (tertiary/aromatic N) is 3. The largest absolute Gasteiger partial charge is 0.456 e. The lowest BCUT2D eigenvalue weighted by atomic mass is 9.93. The van der Waals surface area contributed by atoms with Crippen LogP contribution in [0.15, 0.2) is 500 Å². The average Bonchev–Trinajstić information content (AvgIpc) is 1.58. The molecule has 5 nitrogen and oxygen atoms in total. The summed E-state index contributed by atoms with van der Waals surface area (Å²) in [5, 5.41) is 29.7. The smallest absolute Gasteiger partial charge is 0.143 e. The van der Waals surface area contributed by atoms with E-state index in [1.807, 2.05) is 23.5 Å². The molecule has 0 saturated heterocycles. The van der Waals surface area contributed by atoms with Gasteiger partial charge in [-0.05, 0) is 248 Å². The Morgan fingerprint density at radius 3 is 0.879 bits per heavy atom. The van der Waals surface area contributed by atoms with Gasteiger partial charge >= 0.3 is 0 Å². The first kappa shape index (κ1) is 77.2. The lowest BCUT2D eigenvalue weighted by molar-refractivity contribution is 0.669. The summed E-state index contributed by atoms with van der Waals surface area (Å²) in [5.74, 6) is 0. The minimum atomic E-state index is 0.923. The minimum Gasteiger partial charge on any atom is -0.456 e. The van der Waals surface area contributed by atoms with Crippen molar-refractivity contribution >= 4 is 224 Å². The Morgan fingerprint density at radius 1 is 0.152 bits per heavy atom. The van der Waals surface area contributed by atoms with E-state index in [0.717, 1.165) is 89.7 Å². The quantitative estimate of drug-likeness (QED) is 0.114. The number of hydrogen-bond donors (Lipinski definition) is 0. The van der Waals surface area contributed by atoms with Gasteiger partial charge in [-0.3, -0.25) is 0 Å². The number of fused-ring (bicyclic) bond motifs is 27. The molecule has 0 atom stereocenters. The van der Waals surface area contributed by atoms with Gasteiger partial charge in [-0.1, -0.05) is 352 Å². The zero-order chi connectivity index (χ0) is 87.1. The van der Waals surface area contributed by atoms with Gasteiger partial charge in [-0.25, -0.2) is 0 Å². The van der Waals surface area contributed by atoms with Crippen LogP contribution in [0.4, 0.5) is 51.2 Å². The van der Waals surface area contributed by atoms with Crippen molar-refractivity contribution in [2.75, 3.05) is 14.7 Å². The first-order valence-electron chi connectivity index (χ1n) is 45.1. The van der Waals surface area contributed by atoms with E-state index >= 15 is 0 Å². The van der Waals surface area contributed by atoms with Crippen molar-refractivity contribution in [3.05, 3.63) is 491 Å². The van der Waals surface area contributed by atoms with Crippen LogP contribution in [0.25, 0.3) is 194 Å². The zero-order valence-corrected chi connectivity index (χ0v) is 72.6. The van der Waals surface area contributed by atoms with Crippen LogP contribution >= 0.6 is 11.3 Å². The number of furan rings is 2. The summed E-state index contributed by atoms with van der Waals surface area (Å²) in [4.78, 5) is 7.02. The van der Waals surface area contributed by atoms with Crippen molar-refractivity contribution in [3.8, 4) is 33.4 Å². The molecule has 0 saturated carbocycles. The standard InChI is InChI=1S/2C42H27NO.C42H27NS/c1-3-9-28(10-4-1)29-19-22-34(23-20-29)43(33-11-5-2-6-12-33)35-24-25-36-32(27-35)18-17-30-15-16-31-21-26-39-42(41(31)40(30)36)37-13-7-8-14-38(37)44-39;2*1-3-9-28(10-4-1)29-19-22-34(23-20-29)43(33-11-5-2-6-12-33)35-24-26-36-32(27-35)18-17-30-15-16-31-21-25-38-37-13-7-8-14-39(37)44-42(38)41(31)40(30)36/h3*1-27H. The highest BCUT2D eigenvalue weighted by Crippen LogP contribution is 2.50. The maximum atomic E-state index is 6.53. The molecule has 24 aromatic carbocycles. The lowest BCUT2D eigenvalue weighted by Crippen LogP contribution is -2.09. The second-order valence-corrected chi connectivity index (χ2v) is 35.1. The van der Waals surface area contributed by atoms with Gasteiger partial charge in [0, 0.05) is 114 Å². The molecule has 0 spiro atoms. The van der Waals surface area contributed by atoms with Crippen LogP contribution in [0.1, 0.15) is 0 Å². The second kappa shape index (κ2) is 32.6. The third-order valence-corrected chi connectivity index (χ3v) is 27.6. The molecule has 27 rings (SSSR count). The molecule has 3 heterocycles. The number of rotatable bonds is 12. The van der Waals surface area contributed by atoms with Crippen LogP contribution in [0.2, 0.25) is 0 Å². The Bertz CT molecular complexity index is 8760. The van der Waals surface area contributed by atoms with Gasteiger partial charge in [0.25, 0.3) is 0 Å². The van der Waals surface area contributed by atoms with Crippen LogP contribution in [0.5, 0.6) is 0 Å². The molecule has 0 aliphatic heterocycles. The van der Waals surface area contributed by atoms with Crippen LogP contribution in [0, 0.1) is 0 Å². The van der Waals surface area contributed by atoms with E-state index in [2.05, 4.69) is 494 Å². The van der Waals surface area contributed by atoms with E-state index in [0.29, 0.717) is 0 Å². The number of benzene rings is 24. The highest BCUT2D eigenvalue weighted by atomic mass is 32.1. The summed E-state index contributed by atoms with van der Waals surface area (Å²) >= 11 is 1.91. The van der Waals surface area contributed by atoms with Crippen LogP contribution in [0.3, 0.4) is 0 Å². The monoisotopic (exact) mass is 1700 g/mol. The molecule has 0 radical (unpaired) electrons. The Balaban J connectivity index is 0.000000106. The molecule has 0 amide bonds. The third kappa shape index (κ3) is 13.6. The first-order valence-corrected chi connectivity index (χ1v) is 45.9. The first-order chi connectivity index (χ1) is 65.4. The third-order valence-electron chi connectivity index (χ3n) is 26.4. The van der Waals surface area contributed by atoms with E-state index in [9.17, 15) is 0 Å². The summed E-state index contributed by atoms with van der Waals surface area (Å²) in [6.45, 7) is 0. The molecule has 0 aliphatic carbocycles. The Hall–Kier alpha value is -17.2. The fraction of sp³-hybridized carbons (Fsp3) is 0. The Kier molecular flexibility index (Phi) is 19.1. The summed E-state index contributed by atoms with van der Waals surface area (Å²) in [6.07, 6.45) is 0. The highest BCUT2D eigenvalue weighted by Gasteiger charge is 2.23. The highest BCUT2D eigenvalue weighted by molar-refractivity contribution is 7.26. The van der Waals surface area contributed by atoms with Gasteiger partial charge in [-0.15, -0.1) is 11.3 Å². The van der Waals surface area contributed by atoms with E-state index in [1.165, 1.54) is 156 Å². The number of hydrogen-bond acceptors (Lipinski definition) is 6. The van der Waals surface area contributed by atoms with Crippen molar-refractivity contribution in [1.82, 2.24) is 0 Å². The van der Waals surface area contributed by atoms with Crippen molar-refractivity contribution in [2.45, 2.75) is 0 Å². The molecule has 0 unspecified atom stereocenters. The maximum Gasteiger partial charge on any atom is 0.143 e. The molecular weight excluding hydrogens is 1620 g/mol. The molecule has 618 valence electrons. The topological polar surface area (TPSA) is 36.0 Å². The van der Waals surface area contributed by atoms with Crippen molar-refractivity contribution in [3.63, 3.8) is 0 Å². The van der Waals surface area contributed by atoms with Crippen molar-refractivity contribution in [2.24, 2.45) is 0 Å². The Morgan fingerprint density at radius 2 is 0.439 bits per heavy atom. The fourth-order valence-electron chi connectivity index (χ4n) is 20.2. The summed E-state index contributed by atoms with van der Waals surface area (Å²) in [7, 11) is 0. The normalized spacial score (nSPS) is 11.6. The van der Waals surface area contributed by atoms with Crippen LogP contribution in [-0.2, 0) is 0 Å².